The maximum absolute atomic E-state index is 14.0. The standard InChI is InChI=1S/C27H23F2N3O3S/c1-36(33,34)35-13-12-17-6-9-20(10-7-17)31-27-30-16-19-14-23(18-8-11-24(28)25(29)15-18)21-4-2-3-5-22(21)26(19)32-27/h2-11,15-16,23H,12-14H2,1H3,(H,30,31,32)/t23-/m1/s1. The Morgan fingerprint density at radius 1 is 1.03 bits per heavy atom. The number of nitrogens with zero attached hydrogens (tertiary/aromatic N) is 2. The maximum atomic E-state index is 14.0. The van der Waals surface area contributed by atoms with Crippen molar-refractivity contribution in [2.24, 2.45) is 0 Å². The summed E-state index contributed by atoms with van der Waals surface area (Å²) in [4.78, 5) is 9.24. The fraction of sp³-hybridized carbons (Fsp3) is 0.185. The maximum Gasteiger partial charge on any atom is 0.264 e. The number of aromatic nitrogens is 2. The van der Waals surface area contributed by atoms with Crippen molar-refractivity contribution in [2.45, 2.75) is 18.8 Å². The molecule has 0 unspecified atom stereocenters. The molecule has 1 aliphatic rings. The van der Waals surface area contributed by atoms with Gasteiger partial charge in [-0.2, -0.15) is 8.42 Å². The Hall–Kier alpha value is -3.69. The average Bonchev–Trinajstić information content (AvgIpc) is 2.86. The summed E-state index contributed by atoms with van der Waals surface area (Å²) in [6, 6.07) is 19.4. The summed E-state index contributed by atoms with van der Waals surface area (Å²) in [7, 11) is -3.46. The van der Waals surface area contributed by atoms with Gasteiger partial charge in [0.25, 0.3) is 10.1 Å². The van der Waals surface area contributed by atoms with Crippen molar-refractivity contribution in [3.8, 4) is 11.3 Å². The Labute approximate surface area is 208 Å². The SMILES string of the molecule is CS(=O)(=O)OCCc1ccc(Nc2ncc3c(n2)-c2ccccc2[C@@H](c2ccc(F)c(F)c2)C3)cc1. The topological polar surface area (TPSA) is 81.2 Å². The minimum Gasteiger partial charge on any atom is -0.324 e. The molecule has 0 amide bonds. The van der Waals surface area contributed by atoms with E-state index in [9.17, 15) is 17.2 Å². The fourth-order valence-corrected chi connectivity index (χ4v) is 4.80. The van der Waals surface area contributed by atoms with Crippen LogP contribution >= 0.6 is 0 Å². The number of rotatable bonds is 7. The van der Waals surface area contributed by atoms with Crippen molar-refractivity contribution in [1.29, 1.82) is 0 Å². The van der Waals surface area contributed by atoms with E-state index >= 15 is 0 Å². The third-order valence-corrected chi connectivity index (χ3v) is 6.72. The van der Waals surface area contributed by atoms with E-state index in [1.54, 1.807) is 12.3 Å². The smallest absolute Gasteiger partial charge is 0.264 e. The zero-order chi connectivity index (χ0) is 25.3. The minimum absolute atomic E-state index is 0.0878. The molecule has 9 heteroatoms. The van der Waals surface area contributed by atoms with Crippen LogP contribution in [-0.2, 0) is 27.1 Å². The molecule has 0 fully saturated rings. The van der Waals surface area contributed by atoms with Gasteiger partial charge >= 0.3 is 0 Å². The molecule has 0 radical (unpaired) electrons. The summed E-state index contributed by atoms with van der Waals surface area (Å²) in [6.45, 7) is 0.0878. The van der Waals surface area contributed by atoms with Crippen LogP contribution in [0, 0.1) is 11.6 Å². The molecule has 1 heterocycles. The molecule has 3 aromatic carbocycles. The van der Waals surface area contributed by atoms with E-state index in [1.807, 2.05) is 48.5 Å². The van der Waals surface area contributed by atoms with Crippen molar-refractivity contribution >= 4 is 21.8 Å². The van der Waals surface area contributed by atoms with Crippen molar-refractivity contribution in [2.75, 3.05) is 18.2 Å². The number of hydrogen-bond acceptors (Lipinski definition) is 6. The Morgan fingerprint density at radius 3 is 2.56 bits per heavy atom. The molecule has 4 aromatic rings. The highest BCUT2D eigenvalue weighted by molar-refractivity contribution is 7.85. The van der Waals surface area contributed by atoms with E-state index < -0.39 is 21.8 Å². The lowest BCUT2D eigenvalue weighted by Crippen LogP contribution is -2.15. The predicted octanol–water partition coefficient (Wildman–Crippen LogP) is 5.37. The van der Waals surface area contributed by atoms with Crippen LogP contribution in [0.1, 0.15) is 28.2 Å². The van der Waals surface area contributed by atoms with E-state index in [0.29, 0.717) is 24.4 Å². The molecule has 1 atom stereocenters. The Morgan fingerprint density at radius 2 is 1.81 bits per heavy atom. The zero-order valence-corrected chi connectivity index (χ0v) is 20.2. The first-order chi connectivity index (χ1) is 17.3. The predicted molar refractivity (Wildman–Crippen MR) is 134 cm³/mol. The molecule has 1 aromatic heterocycles. The number of nitrogens with one attached hydrogen (secondary N) is 1. The van der Waals surface area contributed by atoms with E-state index in [0.717, 1.165) is 46.0 Å². The van der Waals surface area contributed by atoms with Gasteiger partial charge in [-0.3, -0.25) is 4.18 Å². The van der Waals surface area contributed by atoms with Crippen LogP contribution in [-0.4, -0.2) is 31.2 Å². The Bertz CT molecular complexity index is 1530. The largest absolute Gasteiger partial charge is 0.324 e. The van der Waals surface area contributed by atoms with Gasteiger partial charge in [-0.1, -0.05) is 42.5 Å². The lowest BCUT2D eigenvalue weighted by molar-refractivity contribution is 0.326. The molecule has 36 heavy (non-hydrogen) atoms. The highest BCUT2D eigenvalue weighted by Gasteiger charge is 2.28. The van der Waals surface area contributed by atoms with Gasteiger partial charge < -0.3 is 5.32 Å². The first kappa shape index (κ1) is 24.0. The van der Waals surface area contributed by atoms with Crippen LogP contribution in [0.15, 0.2) is 72.9 Å². The first-order valence-electron chi connectivity index (χ1n) is 11.4. The van der Waals surface area contributed by atoms with Gasteiger partial charge in [0.2, 0.25) is 5.95 Å². The Kier molecular flexibility index (Phi) is 6.51. The third-order valence-electron chi connectivity index (χ3n) is 6.12. The second-order valence-corrected chi connectivity index (χ2v) is 10.3. The summed E-state index contributed by atoms with van der Waals surface area (Å²) in [5, 5.41) is 3.21. The van der Waals surface area contributed by atoms with Crippen LogP contribution in [0.25, 0.3) is 11.3 Å². The highest BCUT2D eigenvalue weighted by atomic mass is 32.2. The third kappa shape index (κ3) is 5.27. The van der Waals surface area contributed by atoms with E-state index in [4.69, 9.17) is 9.17 Å². The summed E-state index contributed by atoms with van der Waals surface area (Å²) in [5.41, 5.74) is 6.09. The van der Waals surface area contributed by atoms with Gasteiger partial charge in [-0.05, 0) is 59.4 Å². The molecule has 0 bridgehead atoms. The second kappa shape index (κ2) is 9.75. The second-order valence-electron chi connectivity index (χ2n) is 8.68. The summed E-state index contributed by atoms with van der Waals surface area (Å²) >= 11 is 0. The molecular weight excluding hydrogens is 484 g/mol. The molecular formula is C27H23F2N3O3S. The first-order valence-corrected chi connectivity index (χ1v) is 13.2. The van der Waals surface area contributed by atoms with Crippen molar-refractivity contribution in [3.05, 3.63) is 107 Å². The minimum atomic E-state index is -3.46. The van der Waals surface area contributed by atoms with Crippen LogP contribution in [0.3, 0.4) is 0 Å². The van der Waals surface area contributed by atoms with Gasteiger partial charge in [0.05, 0.1) is 18.6 Å². The van der Waals surface area contributed by atoms with Gasteiger partial charge in [0.1, 0.15) is 0 Å². The van der Waals surface area contributed by atoms with Crippen LogP contribution in [0.5, 0.6) is 0 Å². The molecule has 1 aliphatic carbocycles. The van der Waals surface area contributed by atoms with Crippen molar-refractivity contribution < 1.29 is 21.4 Å². The van der Waals surface area contributed by atoms with Gasteiger partial charge in [0.15, 0.2) is 11.6 Å². The van der Waals surface area contributed by atoms with Crippen LogP contribution in [0.2, 0.25) is 0 Å². The van der Waals surface area contributed by atoms with Gasteiger partial charge in [-0.15, -0.1) is 0 Å². The quantitative estimate of drug-likeness (QED) is 0.339. The molecule has 0 saturated carbocycles. The van der Waals surface area contributed by atoms with E-state index in [2.05, 4.69) is 10.3 Å². The molecule has 0 saturated heterocycles. The average molecular weight is 508 g/mol. The lowest BCUT2D eigenvalue weighted by atomic mass is 9.78. The van der Waals surface area contributed by atoms with E-state index in [1.165, 1.54) is 6.07 Å². The molecule has 6 nitrogen and oxygen atoms in total. The summed E-state index contributed by atoms with van der Waals surface area (Å²) < 4.78 is 54.5. The number of halogens is 2. The number of benzene rings is 3. The molecule has 5 rings (SSSR count). The number of hydrogen-bond donors (Lipinski definition) is 1. The van der Waals surface area contributed by atoms with Crippen LogP contribution in [0.4, 0.5) is 20.4 Å². The molecule has 0 spiro atoms. The van der Waals surface area contributed by atoms with E-state index in [-0.39, 0.29) is 12.5 Å². The molecule has 184 valence electrons. The molecule has 0 aliphatic heterocycles. The van der Waals surface area contributed by atoms with Crippen molar-refractivity contribution in [3.63, 3.8) is 0 Å². The van der Waals surface area contributed by atoms with Gasteiger partial charge in [0, 0.05) is 23.4 Å². The normalized spacial score (nSPS) is 14.7. The fourth-order valence-electron chi connectivity index (χ4n) is 4.42. The zero-order valence-electron chi connectivity index (χ0n) is 19.4. The number of fused-ring (bicyclic) bond motifs is 3. The van der Waals surface area contributed by atoms with Gasteiger partial charge in [-0.25, -0.2) is 18.7 Å². The number of anilines is 2. The Balaban J connectivity index is 1.37. The summed E-state index contributed by atoms with van der Waals surface area (Å²) in [5.74, 6) is -1.42. The monoisotopic (exact) mass is 507 g/mol. The highest BCUT2D eigenvalue weighted by Crippen LogP contribution is 2.42. The molecule has 1 N–H and O–H groups in total. The lowest BCUT2D eigenvalue weighted by Gasteiger charge is -2.27. The van der Waals surface area contributed by atoms with Crippen molar-refractivity contribution in [1.82, 2.24) is 9.97 Å². The summed E-state index contributed by atoms with van der Waals surface area (Å²) in [6.07, 6.45) is 3.84. The van der Waals surface area contributed by atoms with Crippen LogP contribution < -0.4 is 5.32 Å².